The lowest BCUT2D eigenvalue weighted by Crippen LogP contribution is -2.01. The fourth-order valence-electron chi connectivity index (χ4n) is 1.91. The third-order valence-corrected chi connectivity index (χ3v) is 3.12. The number of aromatic nitrogens is 4. The molecule has 0 atom stereocenters. The smallest absolute Gasteiger partial charge is 0.195 e. The summed E-state index contributed by atoms with van der Waals surface area (Å²) in [5.41, 5.74) is 0.964. The van der Waals surface area contributed by atoms with E-state index in [9.17, 15) is 0 Å². The lowest BCUT2D eigenvalue weighted by molar-refractivity contribution is 0.469. The number of aryl methyl sites for hydroxylation is 1. The van der Waals surface area contributed by atoms with Crippen molar-refractivity contribution < 1.29 is 4.42 Å². The second kappa shape index (κ2) is 4.81. The molecule has 0 unspecified atom stereocenters. The molecule has 0 radical (unpaired) electrons. The lowest BCUT2D eigenvalue weighted by Gasteiger charge is -2.04. The topological polar surface area (TPSA) is 59.6 Å². The van der Waals surface area contributed by atoms with Crippen molar-refractivity contribution in [1.82, 2.24) is 19.7 Å². The van der Waals surface area contributed by atoms with Crippen LogP contribution in [0, 0.1) is 11.7 Å². The minimum Gasteiger partial charge on any atom is -0.464 e. The molecule has 0 saturated heterocycles. The summed E-state index contributed by atoms with van der Waals surface area (Å²) in [5, 5.41) is 7.08. The molecule has 0 spiro atoms. The maximum Gasteiger partial charge on any atom is 0.195 e. The predicted molar refractivity (Wildman–Crippen MR) is 73.2 cm³/mol. The monoisotopic (exact) mass is 272 g/mol. The Morgan fingerprint density at radius 2 is 2.05 bits per heavy atom. The zero-order valence-corrected chi connectivity index (χ0v) is 11.1. The van der Waals surface area contributed by atoms with Crippen molar-refractivity contribution in [3.63, 3.8) is 0 Å². The Morgan fingerprint density at radius 3 is 2.74 bits per heavy atom. The van der Waals surface area contributed by atoms with Crippen LogP contribution in [-0.4, -0.2) is 19.7 Å². The first kappa shape index (κ1) is 11.9. The molecule has 5 nitrogen and oxygen atoms in total. The molecule has 3 heterocycles. The van der Waals surface area contributed by atoms with E-state index in [-0.39, 0.29) is 0 Å². The molecule has 3 aromatic rings. The highest BCUT2D eigenvalue weighted by atomic mass is 32.1. The van der Waals surface area contributed by atoms with Gasteiger partial charge >= 0.3 is 0 Å². The van der Waals surface area contributed by atoms with E-state index in [1.807, 2.05) is 35.8 Å². The molecule has 6 heteroatoms. The van der Waals surface area contributed by atoms with Crippen LogP contribution in [0.4, 0.5) is 0 Å². The molecule has 0 fully saturated rings. The number of hydrogen-bond acceptors (Lipinski definition) is 4. The molecule has 0 bridgehead atoms. The maximum atomic E-state index is 5.58. The van der Waals surface area contributed by atoms with Crippen molar-refractivity contribution >= 4 is 12.2 Å². The Balaban J connectivity index is 2.02. The van der Waals surface area contributed by atoms with E-state index in [0.717, 1.165) is 22.9 Å². The van der Waals surface area contributed by atoms with E-state index in [1.165, 1.54) is 0 Å². The standard InChI is InChI=1S/C13H12N4OS/c1-9-2-3-11(18-9)8-17-12(15-16-13(17)19)10-4-6-14-7-5-10/h2-7H,8H2,1H3,(H,16,19). The third-order valence-electron chi connectivity index (χ3n) is 2.81. The molecule has 1 N–H and O–H groups in total. The zero-order valence-electron chi connectivity index (χ0n) is 10.3. The second-order valence-electron chi connectivity index (χ2n) is 4.19. The van der Waals surface area contributed by atoms with E-state index >= 15 is 0 Å². The predicted octanol–water partition coefficient (Wildman–Crippen LogP) is 2.95. The molecule has 0 aliphatic carbocycles. The highest BCUT2D eigenvalue weighted by Gasteiger charge is 2.10. The van der Waals surface area contributed by atoms with Gasteiger partial charge in [-0.25, -0.2) is 0 Å². The van der Waals surface area contributed by atoms with Gasteiger partial charge in [-0.3, -0.25) is 14.6 Å². The summed E-state index contributed by atoms with van der Waals surface area (Å²) < 4.78 is 8.06. The van der Waals surface area contributed by atoms with Crippen molar-refractivity contribution in [1.29, 1.82) is 0 Å². The van der Waals surface area contributed by atoms with Gasteiger partial charge < -0.3 is 4.42 Å². The van der Waals surface area contributed by atoms with Crippen molar-refractivity contribution in [3.05, 3.63) is 53.0 Å². The number of nitrogens with one attached hydrogen (secondary N) is 1. The Bertz CT molecular complexity index is 741. The average molecular weight is 272 g/mol. The van der Waals surface area contributed by atoms with Gasteiger partial charge in [0, 0.05) is 18.0 Å². The lowest BCUT2D eigenvalue weighted by atomic mass is 10.2. The van der Waals surface area contributed by atoms with Crippen LogP contribution in [-0.2, 0) is 6.54 Å². The summed E-state index contributed by atoms with van der Waals surface area (Å²) in [7, 11) is 0. The first-order valence-corrected chi connectivity index (χ1v) is 6.26. The van der Waals surface area contributed by atoms with Gasteiger partial charge in [-0.05, 0) is 43.4 Å². The molecule has 0 amide bonds. The number of pyridine rings is 1. The van der Waals surface area contributed by atoms with Crippen LogP contribution < -0.4 is 0 Å². The van der Waals surface area contributed by atoms with Gasteiger partial charge in [-0.15, -0.1) is 0 Å². The van der Waals surface area contributed by atoms with E-state index in [2.05, 4.69) is 15.2 Å². The fourth-order valence-corrected chi connectivity index (χ4v) is 2.11. The quantitative estimate of drug-likeness (QED) is 0.745. The Morgan fingerprint density at radius 1 is 1.26 bits per heavy atom. The second-order valence-corrected chi connectivity index (χ2v) is 4.57. The van der Waals surface area contributed by atoms with Crippen LogP contribution in [0.2, 0.25) is 0 Å². The molecule has 0 aliphatic rings. The van der Waals surface area contributed by atoms with E-state index < -0.39 is 0 Å². The van der Waals surface area contributed by atoms with Gasteiger partial charge in [0.25, 0.3) is 0 Å². The van der Waals surface area contributed by atoms with Crippen molar-refractivity contribution in [2.75, 3.05) is 0 Å². The number of hydrogen-bond donors (Lipinski definition) is 1. The first-order chi connectivity index (χ1) is 9.24. The minimum atomic E-state index is 0.556. The summed E-state index contributed by atoms with van der Waals surface area (Å²) in [5.74, 6) is 2.52. The number of furan rings is 1. The summed E-state index contributed by atoms with van der Waals surface area (Å²) >= 11 is 5.27. The Labute approximate surface area is 114 Å². The zero-order chi connectivity index (χ0) is 13.2. The van der Waals surface area contributed by atoms with Gasteiger partial charge in [-0.1, -0.05) is 0 Å². The summed E-state index contributed by atoms with van der Waals surface area (Å²) in [6.45, 7) is 2.47. The summed E-state index contributed by atoms with van der Waals surface area (Å²) in [6, 6.07) is 7.68. The first-order valence-electron chi connectivity index (χ1n) is 5.85. The molecular formula is C13H12N4OS. The van der Waals surface area contributed by atoms with E-state index in [4.69, 9.17) is 16.6 Å². The largest absolute Gasteiger partial charge is 0.464 e. The summed E-state index contributed by atoms with van der Waals surface area (Å²) in [4.78, 5) is 4.00. The van der Waals surface area contributed by atoms with E-state index in [1.54, 1.807) is 12.4 Å². The molecule has 19 heavy (non-hydrogen) atoms. The molecule has 3 aromatic heterocycles. The molecular weight excluding hydrogens is 260 g/mol. The molecule has 0 aliphatic heterocycles. The van der Waals surface area contributed by atoms with Crippen LogP contribution in [0.25, 0.3) is 11.4 Å². The van der Waals surface area contributed by atoms with Crippen LogP contribution >= 0.6 is 12.2 Å². The van der Waals surface area contributed by atoms with Crippen molar-refractivity contribution in [3.8, 4) is 11.4 Å². The molecule has 0 saturated carbocycles. The van der Waals surface area contributed by atoms with Gasteiger partial charge in [-0.2, -0.15) is 5.10 Å². The third kappa shape index (κ3) is 2.34. The highest BCUT2D eigenvalue weighted by molar-refractivity contribution is 7.71. The Hall–Kier alpha value is -2.21. The number of H-pyrrole nitrogens is 1. The van der Waals surface area contributed by atoms with Gasteiger partial charge in [0.05, 0.1) is 6.54 Å². The van der Waals surface area contributed by atoms with Gasteiger partial charge in [0.1, 0.15) is 11.5 Å². The Kier molecular flexibility index (Phi) is 3.00. The number of nitrogens with zero attached hydrogens (tertiary/aromatic N) is 3. The molecule has 3 rings (SSSR count). The minimum absolute atomic E-state index is 0.556. The maximum absolute atomic E-state index is 5.58. The SMILES string of the molecule is Cc1ccc(Cn2c(-c3ccncc3)n[nH]c2=S)o1. The molecule has 96 valence electrons. The number of rotatable bonds is 3. The molecule has 0 aromatic carbocycles. The summed E-state index contributed by atoms with van der Waals surface area (Å²) in [6.07, 6.45) is 3.46. The fraction of sp³-hybridized carbons (Fsp3) is 0.154. The van der Waals surface area contributed by atoms with Crippen molar-refractivity contribution in [2.24, 2.45) is 0 Å². The van der Waals surface area contributed by atoms with Crippen LogP contribution in [0.1, 0.15) is 11.5 Å². The normalized spacial score (nSPS) is 10.8. The van der Waals surface area contributed by atoms with Crippen LogP contribution in [0.3, 0.4) is 0 Å². The average Bonchev–Trinajstić information content (AvgIpc) is 2.99. The van der Waals surface area contributed by atoms with Gasteiger partial charge in [0.2, 0.25) is 0 Å². The van der Waals surface area contributed by atoms with Gasteiger partial charge in [0.15, 0.2) is 10.6 Å². The van der Waals surface area contributed by atoms with Crippen molar-refractivity contribution in [2.45, 2.75) is 13.5 Å². The van der Waals surface area contributed by atoms with Crippen LogP contribution in [0.5, 0.6) is 0 Å². The van der Waals surface area contributed by atoms with E-state index in [0.29, 0.717) is 11.3 Å². The number of aromatic amines is 1. The highest BCUT2D eigenvalue weighted by Crippen LogP contribution is 2.18. The van der Waals surface area contributed by atoms with Crippen LogP contribution in [0.15, 0.2) is 41.1 Å².